The summed E-state index contributed by atoms with van der Waals surface area (Å²) in [6, 6.07) is 0. The van der Waals surface area contributed by atoms with E-state index in [-0.39, 0.29) is 5.91 Å². The molecule has 8 nitrogen and oxygen atoms in total. The summed E-state index contributed by atoms with van der Waals surface area (Å²) in [6.45, 7) is 6.44. The Morgan fingerprint density at radius 2 is 2.10 bits per heavy atom. The van der Waals surface area contributed by atoms with Crippen LogP contribution in [0.4, 0.5) is 5.82 Å². The SMILES string of the molecule is CCNC(=O)CN1CCN(c2ncnc3nc[nH]c23)CC1. The molecule has 2 aromatic heterocycles. The predicted octanol–water partition coefficient (Wildman–Crippen LogP) is -0.389. The van der Waals surface area contributed by atoms with Crippen molar-refractivity contribution in [3.8, 4) is 0 Å². The Bertz CT molecular complexity index is 618. The zero-order valence-electron chi connectivity index (χ0n) is 12.0. The summed E-state index contributed by atoms with van der Waals surface area (Å²) in [5.41, 5.74) is 1.56. The smallest absolute Gasteiger partial charge is 0.234 e. The number of rotatable bonds is 4. The molecule has 1 aliphatic heterocycles. The summed E-state index contributed by atoms with van der Waals surface area (Å²) in [5.74, 6) is 0.971. The summed E-state index contributed by atoms with van der Waals surface area (Å²) in [7, 11) is 0. The summed E-state index contributed by atoms with van der Waals surface area (Å²) in [6.07, 6.45) is 3.17. The Kier molecular flexibility index (Phi) is 3.96. The van der Waals surface area contributed by atoms with Crippen LogP contribution in [0.5, 0.6) is 0 Å². The molecule has 0 atom stereocenters. The molecule has 0 spiro atoms. The molecule has 1 fully saturated rings. The van der Waals surface area contributed by atoms with Gasteiger partial charge in [0.05, 0.1) is 12.9 Å². The zero-order valence-corrected chi connectivity index (χ0v) is 12.0. The normalized spacial score (nSPS) is 16.3. The molecule has 0 aromatic carbocycles. The minimum Gasteiger partial charge on any atom is -0.355 e. The highest BCUT2D eigenvalue weighted by atomic mass is 16.2. The number of imidazole rings is 1. The molecule has 2 N–H and O–H groups in total. The Morgan fingerprint density at radius 3 is 2.86 bits per heavy atom. The molecule has 1 amide bonds. The van der Waals surface area contributed by atoms with E-state index in [2.05, 4.69) is 35.1 Å². The molecule has 3 rings (SSSR count). The van der Waals surface area contributed by atoms with Crippen LogP contribution in [-0.4, -0.2) is 70.0 Å². The van der Waals surface area contributed by atoms with Crippen molar-refractivity contribution in [2.24, 2.45) is 0 Å². The number of likely N-dealkylation sites (N-methyl/N-ethyl adjacent to an activating group) is 1. The quantitative estimate of drug-likeness (QED) is 0.797. The molecule has 0 bridgehead atoms. The van der Waals surface area contributed by atoms with Crippen molar-refractivity contribution >= 4 is 22.9 Å². The zero-order chi connectivity index (χ0) is 14.7. The highest BCUT2D eigenvalue weighted by Gasteiger charge is 2.21. The van der Waals surface area contributed by atoms with Crippen LogP contribution in [0.25, 0.3) is 11.2 Å². The average molecular weight is 289 g/mol. The Balaban J connectivity index is 1.63. The Morgan fingerprint density at radius 1 is 1.29 bits per heavy atom. The number of anilines is 1. The molecule has 0 aliphatic carbocycles. The minimum atomic E-state index is 0.0870. The molecular weight excluding hydrogens is 270 g/mol. The van der Waals surface area contributed by atoms with Crippen molar-refractivity contribution in [1.29, 1.82) is 0 Å². The van der Waals surface area contributed by atoms with Gasteiger partial charge in [-0.1, -0.05) is 0 Å². The largest absolute Gasteiger partial charge is 0.355 e. The van der Waals surface area contributed by atoms with Gasteiger partial charge in [-0.2, -0.15) is 0 Å². The predicted molar refractivity (Wildman–Crippen MR) is 79.0 cm³/mol. The second-order valence-electron chi connectivity index (χ2n) is 5.02. The second-order valence-corrected chi connectivity index (χ2v) is 5.02. The Hall–Kier alpha value is -2.22. The highest BCUT2D eigenvalue weighted by molar-refractivity contribution is 5.82. The molecule has 3 heterocycles. The first-order valence-corrected chi connectivity index (χ1v) is 7.16. The number of hydrogen-bond acceptors (Lipinski definition) is 6. The van der Waals surface area contributed by atoms with E-state index in [4.69, 9.17) is 0 Å². The number of hydrogen-bond donors (Lipinski definition) is 2. The summed E-state index contributed by atoms with van der Waals surface area (Å²) in [4.78, 5) is 31.7. The van der Waals surface area contributed by atoms with Crippen molar-refractivity contribution in [2.75, 3.05) is 44.2 Å². The fourth-order valence-corrected chi connectivity index (χ4v) is 2.57. The highest BCUT2D eigenvalue weighted by Crippen LogP contribution is 2.20. The summed E-state index contributed by atoms with van der Waals surface area (Å²) < 4.78 is 0. The van der Waals surface area contributed by atoms with Crippen LogP contribution in [0.3, 0.4) is 0 Å². The maximum absolute atomic E-state index is 11.6. The van der Waals surface area contributed by atoms with Crippen molar-refractivity contribution in [3.05, 3.63) is 12.7 Å². The first-order chi connectivity index (χ1) is 10.3. The summed E-state index contributed by atoms with van der Waals surface area (Å²) >= 11 is 0. The van der Waals surface area contributed by atoms with E-state index in [9.17, 15) is 4.79 Å². The van der Waals surface area contributed by atoms with Crippen LogP contribution in [0, 0.1) is 0 Å². The lowest BCUT2D eigenvalue weighted by Gasteiger charge is -2.34. The molecule has 0 saturated carbocycles. The van der Waals surface area contributed by atoms with Gasteiger partial charge in [0.15, 0.2) is 11.5 Å². The molecule has 21 heavy (non-hydrogen) atoms. The third-order valence-corrected chi connectivity index (χ3v) is 3.62. The third kappa shape index (κ3) is 2.94. The molecule has 8 heteroatoms. The van der Waals surface area contributed by atoms with Gasteiger partial charge in [0.1, 0.15) is 11.8 Å². The Labute approximate surface area is 122 Å². The van der Waals surface area contributed by atoms with Crippen LogP contribution in [0.2, 0.25) is 0 Å². The van der Waals surface area contributed by atoms with E-state index in [0.29, 0.717) is 18.7 Å². The van der Waals surface area contributed by atoms with Crippen molar-refractivity contribution in [3.63, 3.8) is 0 Å². The van der Waals surface area contributed by atoms with Gasteiger partial charge in [-0.05, 0) is 6.92 Å². The number of carbonyl (C=O) groups is 1. The molecule has 0 unspecified atom stereocenters. The topological polar surface area (TPSA) is 90.0 Å². The van der Waals surface area contributed by atoms with Gasteiger partial charge in [0, 0.05) is 32.7 Å². The van der Waals surface area contributed by atoms with Gasteiger partial charge < -0.3 is 15.2 Å². The number of piperazine rings is 1. The molecule has 112 valence electrons. The molecule has 2 aromatic rings. The minimum absolute atomic E-state index is 0.0870. The van der Waals surface area contributed by atoms with Gasteiger partial charge >= 0.3 is 0 Å². The third-order valence-electron chi connectivity index (χ3n) is 3.62. The fraction of sp³-hybridized carbons (Fsp3) is 0.538. The van der Waals surface area contributed by atoms with Crippen molar-refractivity contribution in [1.82, 2.24) is 30.2 Å². The number of nitrogens with zero attached hydrogens (tertiary/aromatic N) is 5. The van der Waals surface area contributed by atoms with E-state index in [1.165, 1.54) is 0 Å². The van der Waals surface area contributed by atoms with Gasteiger partial charge in [-0.3, -0.25) is 9.69 Å². The first kappa shape index (κ1) is 13.7. The van der Waals surface area contributed by atoms with E-state index in [1.807, 2.05) is 6.92 Å². The maximum Gasteiger partial charge on any atom is 0.234 e. The average Bonchev–Trinajstić information content (AvgIpc) is 2.97. The number of aromatic amines is 1. The van der Waals surface area contributed by atoms with Crippen LogP contribution < -0.4 is 10.2 Å². The van der Waals surface area contributed by atoms with Crippen LogP contribution in [-0.2, 0) is 4.79 Å². The van der Waals surface area contributed by atoms with Gasteiger partial charge in [0.25, 0.3) is 0 Å². The standard InChI is InChI=1S/C13H19N7O/c1-2-14-10(21)7-19-3-5-20(6-4-19)13-11-12(16-8-15-11)17-9-18-13/h8-9H,2-7H2,1H3,(H,14,21)(H,15,16,17,18). The number of nitrogens with one attached hydrogen (secondary N) is 2. The summed E-state index contributed by atoms with van der Waals surface area (Å²) in [5, 5.41) is 2.83. The van der Waals surface area contributed by atoms with Crippen molar-refractivity contribution in [2.45, 2.75) is 6.92 Å². The number of amides is 1. The van der Waals surface area contributed by atoms with E-state index in [0.717, 1.165) is 37.5 Å². The van der Waals surface area contributed by atoms with Crippen LogP contribution >= 0.6 is 0 Å². The number of H-pyrrole nitrogens is 1. The maximum atomic E-state index is 11.6. The second kappa shape index (κ2) is 6.04. The molecule has 1 aliphatic rings. The van der Waals surface area contributed by atoms with Crippen molar-refractivity contribution < 1.29 is 4.79 Å². The van der Waals surface area contributed by atoms with Crippen LogP contribution in [0.15, 0.2) is 12.7 Å². The van der Waals surface area contributed by atoms with Gasteiger partial charge in [-0.15, -0.1) is 0 Å². The number of carbonyl (C=O) groups excluding carboxylic acids is 1. The van der Waals surface area contributed by atoms with E-state index < -0.39 is 0 Å². The monoisotopic (exact) mass is 289 g/mol. The van der Waals surface area contributed by atoms with E-state index >= 15 is 0 Å². The lowest BCUT2D eigenvalue weighted by molar-refractivity contribution is -0.122. The molecular formula is C13H19N7O. The molecule has 1 saturated heterocycles. The number of aromatic nitrogens is 4. The molecule has 0 radical (unpaired) electrons. The first-order valence-electron chi connectivity index (χ1n) is 7.16. The van der Waals surface area contributed by atoms with E-state index in [1.54, 1.807) is 12.7 Å². The lowest BCUT2D eigenvalue weighted by Crippen LogP contribution is -2.49. The number of fused-ring (bicyclic) bond motifs is 1. The van der Waals surface area contributed by atoms with Gasteiger partial charge in [0.2, 0.25) is 5.91 Å². The fourth-order valence-electron chi connectivity index (χ4n) is 2.57. The van der Waals surface area contributed by atoms with Crippen LogP contribution in [0.1, 0.15) is 6.92 Å². The lowest BCUT2D eigenvalue weighted by atomic mass is 10.3. The van der Waals surface area contributed by atoms with Gasteiger partial charge in [-0.25, -0.2) is 15.0 Å².